The Hall–Kier alpha value is -2.05. The van der Waals surface area contributed by atoms with Crippen LogP contribution in [0.3, 0.4) is 0 Å². The predicted molar refractivity (Wildman–Crippen MR) is 97.4 cm³/mol. The summed E-state index contributed by atoms with van der Waals surface area (Å²) in [6.45, 7) is 3.41. The Labute approximate surface area is 149 Å². The fraction of sp³-hybridized carbons (Fsp3) is 0.368. The fourth-order valence-corrected chi connectivity index (χ4v) is 4.33. The van der Waals surface area contributed by atoms with Crippen molar-refractivity contribution < 1.29 is 9.18 Å². The van der Waals surface area contributed by atoms with Gasteiger partial charge in [-0.05, 0) is 61.5 Å². The second-order valence-electron chi connectivity index (χ2n) is 6.64. The van der Waals surface area contributed by atoms with Gasteiger partial charge in [-0.25, -0.2) is 9.37 Å². The van der Waals surface area contributed by atoms with Crippen LogP contribution < -0.4 is 0 Å². The first-order valence-corrected chi connectivity index (χ1v) is 9.45. The largest absolute Gasteiger partial charge is 0.341 e. The quantitative estimate of drug-likeness (QED) is 0.689. The first-order valence-electron chi connectivity index (χ1n) is 8.58. The molecule has 0 amide bonds. The summed E-state index contributed by atoms with van der Waals surface area (Å²) >= 11 is 1.51. The van der Waals surface area contributed by atoms with Crippen LogP contribution in [0, 0.1) is 5.82 Å². The summed E-state index contributed by atoms with van der Waals surface area (Å²) in [6.07, 6.45) is 3.36. The Kier molecular flexibility index (Phi) is 4.39. The molecule has 0 spiro atoms. The van der Waals surface area contributed by atoms with E-state index in [0.29, 0.717) is 0 Å². The number of imidazole rings is 1. The number of piperidine rings is 1. The maximum absolute atomic E-state index is 13.4. The maximum atomic E-state index is 13.4. The van der Waals surface area contributed by atoms with E-state index in [4.69, 9.17) is 0 Å². The molecule has 0 bridgehead atoms. The zero-order chi connectivity index (χ0) is 17.4. The summed E-state index contributed by atoms with van der Waals surface area (Å²) in [5, 5.41) is 2.07. The number of aromatic amines is 1. The van der Waals surface area contributed by atoms with E-state index in [-0.39, 0.29) is 17.6 Å². The van der Waals surface area contributed by atoms with Crippen molar-refractivity contribution in [1.29, 1.82) is 0 Å². The number of aromatic nitrogens is 2. The van der Waals surface area contributed by atoms with Crippen molar-refractivity contribution in [1.82, 2.24) is 14.9 Å². The van der Waals surface area contributed by atoms with Gasteiger partial charge in [-0.15, -0.1) is 11.3 Å². The Morgan fingerprint density at radius 1 is 1.40 bits per heavy atom. The first-order chi connectivity index (χ1) is 12.1. The average Bonchev–Trinajstić information content (AvgIpc) is 3.22. The lowest BCUT2D eigenvalue weighted by molar-refractivity contribution is 0.102. The third-order valence-electron chi connectivity index (χ3n) is 4.78. The van der Waals surface area contributed by atoms with Crippen molar-refractivity contribution in [2.24, 2.45) is 0 Å². The van der Waals surface area contributed by atoms with Gasteiger partial charge in [0.05, 0.1) is 22.0 Å². The molecule has 130 valence electrons. The Morgan fingerprint density at radius 2 is 2.28 bits per heavy atom. The van der Waals surface area contributed by atoms with Gasteiger partial charge in [-0.3, -0.25) is 9.69 Å². The van der Waals surface area contributed by atoms with Crippen molar-refractivity contribution in [3.63, 3.8) is 0 Å². The number of nitrogens with zero attached hydrogens (tertiary/aromatic N) is 2. The van der Waals surface area contributed by atoms with Crippen LogP contribution in [0.25, 0.3) is 11.0 Å². The predicted octanol–water partition coefficient (Wildman–Crippen LogP) is 4.69. The van der Waals surface area contributed by atoms with Crippen molar-refractivity contribution in [3.8, 4) is 0 Å². The number of benzene rings is 1. The topological polar surface area (TPSA) is 49.0 Å². The summed E-state index contributed by atoms with van der Waals surface area (Å²) in [5.74, 6) is 0.770. The van der Waals surface area contributed by atoms with Crippen LogP contribution in [0.2, 0.25) is 0 Å². The highest BCUT2D eigenvalue weighted by molar-refractivity contribution is 7.12. The molecule has 4 rings (SSSR count). The highest BCUT2D eigenvalue weighted by Crippen LogP contribution is 2.32. The highest BCUT2D eigenvalue weighted by atomic mass is 32.1. The molecule has 1 aromatic carbocycles. The summed E-state index contributed by atoms with van der Waals surface area (Å²) < 4.78 is 13.4. The molecule has 3 aromatic rings. The molecule has 1 saturated heterocycles. The molecule has 1 aliphatic heterocycles. The molecule has 0 aliphatic carbocycles. The minimum atomic E-state index is -0.252. The SMILES string of the molecule is CC(=O)c1cc(CN2CCCCC2c2nc3ccc(F)cc3[nH]2)cs1. The van der Waals surface area contributed by atoms with Crippen LogP contribution in [0.1, 0.15) is 53.3 Å². The van der Waals surface area contributed by atoms with E-state index in [1.165, 1.54) is 29.0 Å². The maximum Gasteiger partial charge on any atom is 0.169 e. The van der Waals surface area contributed by atoms with Gasteiger partial charge in [0, 0.05) is 6.54 Å². The lowest BCUT2D eigenvalue weighted by Gasteiger charge is -2.34. The standard InChI is InChI=1S/C19H20FN3OS/c1-12(24)18-8-13(11-25-18)10-23-7-3-2-4-17(23)19-21-15-6-5-14(20)9-16(15)22-19/h5-6,8-9,11,17H,2-4,7,10H2,1H3,(H,21,22). The Balaban J connectivity index is 1.59. The van der Waals surface area contributed by atoms with Gasteiger partial charge in [0.25, 0.3) is 0 Å². The van der Waals surface area contributed by atoms with E-state index in [0.717, 1.165) is 54.1 Å². The first kappa shape index (κ1) is 16.4. The van der Waals surface area contributed by atoms with Gasteiger partial charge in [0.2, 0.25) is 0 Å². The van der Waals surface area contributed by atoms with Crippen LogP contribution in [0.15, 0.2) is 29.6 Å². The van der Waals surface area contributed by atoms with E-state index >= 15 is 0 Å². The minimum absolute atomic E-state index is 0.116. The lowest BCUT2D eigenvalue weighted by Crippen LogP contribution is -2.33. The van der Waals surface area contributed by atoms with Crippen LogP contribution in [-0.4, -0.2) is 27.2 Å². The number of H-pyrrole nitrogens is 1. The number of rotatable bonds is 4. The van der Waals surface area contributed by atoms with E-state index in [1.54, 1.807) is 13.0 Å². The van der Waals surface area contributed by atoms with E-state index in [2.05, 4.69) is 20.2 Å². The van der Waals surface area contributed by atoms with Crippen LogP contribution in [-0.2, 0) is 6.54 Å². The molecule has 0 radical (unpaired) electrons. The molecule has 25 heavy (non-hydrogen) atoms. The van der Waals surface area contributed by atoms with Crippen molar-refractivity contribution in [3.05, 3.63) is 51.7 Å². The second-order valence-corrected chi connectivity index (χ2v) is 7.55. The number of Topliss-reactive ketones (excluding diaryl/α,β-unsaturated/α-hetero) is 1. The molecule has 4 nitrogen and oxygen atoms in total. The summed E-state index contributed by atoms with van der Waals surface area (Å²) in [5.41, 5.74) is 2.72. The lowest BCUT2D eigenvalue weighted by atomic mass is 10.0. The minimum Gasteiger partial charge on any atom is -0.341 e. The van der Waals surface area contributed by atoms with Crippen molar-refractivity contribution in [2.75, 3.05) is 6.54 Å². The van der Waals surface area contributed by atoms with E-state index in [9.17, 15) is 9.18 Å². The molecule has 2 aromatic heterocycles. The van der Waals surface area contributed by atoms with Crippen LogP contribution >= 0.6 is 11.3 Å². The number of hydrogen-bond donors (Lipinski definition) is 1. The third-order valence-corrected chi connectivity index (χ3v) is 5.86. The molecule has 1 unspecified atom stereocenters. The summed E-state index contributed by atoms with van der Waals surface area (Å²) in [7, 11) is 0. The molecular formula is C19H20FN3OS. The number of likely N-dealkylation sites (tertiary alicyclic amines) is 1. The number of halogens is 1. The molecule has 1 fully saturated rings. The Bertz CT molecular complexity index is 916. The number of fused-ring (bicyclic) bond motifs is 1. The van der Waals surface area contributed by atoms with Crippen LogP contribution in [0.5, 0.6) is 0 Å². The molecule has 1 atom stereocenters. The van der Waals surface area contributed by atoms with Gasteiger partial charge in [0.1, 0.15) is 11.6 Å². The number of carbonyl (C=O) groups is 1. The summed E-state index contributed by atoms with van der Waals surface area (Å²) in [6, 6.07) is 6.85. The van der Waals surface area contributed by atoms with Gasteiger partial charge in [0.15, 0.2) is 5.78 Å². The van der Waals surface area contributed by atoms with Crippen LogP contribution in [0.4, 0.5) is 4.39 Å². The fourth-order valence-electron chi connectivity index (χ4n) is 3.53. The highest BCUT2D eigenvalue weighted by Gasteiger charge is 2.27. The average molecular weight is 357 g/mol. The molecule has 1 aliphatic rings. The van der Waals surface area contributed by atoms with Crippen molar-refractivity contribution >= 4 is 28.2 Å². The summed E-state index contributed by atoms with van der Waals surface area (Å²) in [4.78, 5) is 22.7. The molecule has 0 saturated carbocycles. The van der Waals surface area contributed by atoms with Gasteiger partial charge in [-0.1, -0.05) is 6.42 Å². The van der Waals surface area contributed by atoms with Gasteiger partial charge in [-0.2, -0.15) is 0 Å². The number of thiophene rings is 1. The normalized spacial score (nSPS) is 18.7. The van der Waals surface area contributed by atoms with Gasteiger partial charge >= 0.3 is 0 Å². The smallest absolute Gasteiger partial charge is 0.169 e. The second kappa shape index (κ2) is 6.69. The monoisotopic (exact) mass is 357 g/mol. The number of carbonyl (C=O) groups excluding carboxylic acids is 1. The molecule has 6 heteroatoms. The van der Waals surface area contributed by atoms with Crippen molar-refractivity contribution in [2.45, 2.75) is 38.8 Å². The molecule has 1 N–H and O–H groups in total. The van der Waals surface area contributed by atoms with E-state index < -0.39 is 0 Å². The number of hydrogen-bond acceptors (Lipinski definition) is 4. The number of nitrogens with one attached hydrogen (secondary N) is 1. The molecule has 3 heterocycles. The van der Waals surface area contributed by atoms with E-state index in [1.807, 2.05) is 6.07 Å². The third kappa shape index (κ3) is 3.37. The molecular weight excluding hydrogens is 337 g/mol. The van der Waals surface area contributed by atoms with Gasteiger partial charge < -0.3 is 4.98 Å². The zero-order valence-electron chi connectivity index (χ0n) is 14.1. The number of ketones is 1. The Morgan fingerprint density at radius 3 is 3.08 bits per heavy atom. The zero-order valence-corrected chi connectivity index (χ0v) is 14.9.